The van der Waals surface area contributed by atoms with Gasteiger partial charge in [0.1, 0.15) is 5.54 Å². The molecule has 4 heteroatoms. The Morgan fingerprint density at radius 1 is 1.80 bits per heavy atom. The number of aliphatic hydroxyl groups excluding tert-OH is 1. The van der Waals surface area contributed by atoms with Gasteiger partial charge in [-0.2, -0.15) is 0 Å². The van der Waals surface area contributed by atoms with Gasteiger partial charge in [0.2, 0.25) is 0 Å². The lowest BCUT2D eigenvalue weighted by Gasteiger charge is -2.25. The van der Waals surface area contributed by atoms with Crippen molar-refractivity contribution >= 4 is 5.97 Å². The molecule has 0 fully saturated rings. The number of hydrogen-bond acceptors (Lipinski definition) is 3. The van der Waals surface area contributed by atoms with Crippen LogP contribution < -0.4 is 5.73 Å². The molecule has 0 bridgehead atoms. The number of aliphatic carboxylic acids is 1. The van der Waals surface area contributed by atoms with Crippen LogP contribution in [-0.4, -0.2) is 27.8 Å². The van der Waals surface area contributed by atoms with Gasteiger partial charge in [-0.05, 0) is 13.3 Å². The Hall–Kier alpha value is -0.610. The van der Waals surface area contributed by atoms with E-state index in [2.05, 4.69) is 0 Å². The van der Waals surface area contributed by atoms with Crippen molar-refractivity contribution in [2.45, 2.75) is 31.9 Å². The summed E-state index contributed by atoms with van der Waals surface area (Å²) in [5, 5.41) is 17.5. The third-order valence-electron chi connectivity index (χ3n) is 1.73. The van der Waals surface area contributed by atoms with Gasteiger partial charge in [-0.3, -0.25) is 4.79 Å². The van der Waals surface area contributed by atoms with E-state index in [9.17, 15) is 4.79 Å². The topological polar surface area (TPSA) is 83.6 Å². The highest BCUT2D eigenvalue weighted by atomic mass is 16.4. The van der Waals surface area contributed by atoms with Crippen LogP contribution in [0.5, 0.6) is 0 Å². The minimum atomic E-state index is -1.49. The molecular weight excluding hydrogens is 134 g/mol. The molecule has 0 aliphatic rings. The van der Waals surface area contributed by atoms with Crippen LogP contribution in [0.25, 0.3) is 0 Å². The molecule has 0 radical (unpaired) electrons. The average molecular weight is 147 g/mol. The van der Waals surface area contributed by atoms with Gasteiger partial charge in [-0.1, -0.05) is 6.92 Å². The molecular formula is C6H13NO3. The van der Waals surface area contributed by atoms with E-state index in [-0.39, 0.29) is 6.42 Å². The van der Waals surface area contributed by atoms with E-state index in [1.54, 1.807) is 6.92 Å². The maximum Gasteiger partial charge on any atom is 0.326 e. The lowest BCUT2D eigenvalue weighted by molar-refractivity contribution is -0.147. The van der Waals surface area contributed by atoms with Gasteiger partial charge in [0.05, 0.1) is 6.10 Å². The van der Waals surface area contributed by atoms with Gasteiger partial charge in [-0.15, -0.1) is 0 Å². The summed E-state index contributed by atoms with van der Waals surface area (Å²) in [6.45, 7) is 3.00. The molecule has 0 unspecified atom stereocenters. The molecule has 10 heavy (non-hydrogen) atoms. The molecule has 0 aliphatic carbocycles. The van der Waals surface area contributed by atoms with Crippen molar-refractivity contribution in [2.24, 2.45) is 5.73 Å². The van der Waals surface area contributed by atoms with Gasteiger partial charge < -0.3 is 15.9 Å². The second-order valence-electron chi connectivity index (χ2n) is 2.38. The molecule has 4 nitrogen and oxygen atoms in total. The summed E-state index contributed by atoms with van der Waals surface area (Å²) < 4.78 is 0. The average Bonchev–Trinajstić information content (AvgIpc) is 1.85. The Morgan fingerprint density at radius 3 is 2.20 bits per heavy atom. The molecule has 0 saturated heterocycles. The van der Waals surface area contributed by atoms with Crippen molar-refractivity contribution in [3.63, 3.8) is 0 Å². The summed E-state index contributed by atoms with van der Waals surface area (Å²) >= 11 is 0. The molecule has 0 rings (SSSR count). The van der Waals surface area contributed by atoms with Crippen molar-refractivity contribution < 1.29 is 15.0 Å². The zero-order chi connectivity index (χ0) is 8.36. The summed E-state index contributed by atoms with van der Waals surface area (Å²) in [5.41, 5.74) is 3.85. The van der Waals surface area contributed by atoms with Gasteiger partial charge in [0.15, 0.2) is 0 Å². The highest BCUT2D eigenvalue weighted by Gasteiger charge is 2.36. The third-order valence-corrected chi connectivity index (χ3v) is 1.73. The van der Waals surface area contributed by atoms with E-state index >= 15 is 0 Å². The smallest absolute Gasteiger partial charge is 0.326 e. The first-order valence-electron chi connectivity index (χ1n) is 3.15. The Morgan fingerprint density at radius 2 is 2.20 bits per heavy atom. The molecule has 0 saturated carbocycles. The van der Waals surface area contributed by atoms with Crippen molar-refractivity contribution in [1.82, 2.24) is 0 Å². The normalized spacial score (nSPS) is 19.6. The van der Waals surface area contributed by atoms with Crippen molar-refractivity contribution in [3.05, 3.63) is 0 Å². The fraction of sp³-hybridized carbons (Fsp3) is 0.833. The predicted octanol–water partition coefficient (Wildman–Crippen LogP) is -0.441. The van der Waals surface area contributed by atoms with Gasteiger partial charge in [-0.25, -0.2) is 0 Å². The van der Waals surface area contributed by atoms with E-state index in [1.807, 2.05) is 0 Å². The number of carbonyl (C=O) groups is 1. The van der Waals surface area contributed by atoms with Crippen LogP contribution in [0.15, 0.2) is 0 Å². The maximum absolute atomic E-state index is 10.4. The van der Waals surface area contributed by atoms with Crippen LogP contribution >= 0.6 is 0 Å². The van der Waals surface area contributed by atoms with Crippen LogP contribution in [0.3, 0.4) is 0 Å². The summed E-state index contributed by atoms with van der Waals surface area (Å²) in [6, 6.07) is 0. The van der Waals surface area contributed by atoms with E-state index < -0.39 is 17.6 Å². The quantitative estimate of drug-likeness (QED) is 0.505. The molecule has 0 aliphatic heterocycles. The fourth-order valence-corrected chi connectivity index (χ4v) is 0.625. The Bertz CT molecular complexity index is 135. The van der Waals surface area contributed by atoms with Crippen LogP contribution in [0.4, 0.5) is 0 Å². The van der Waals surface area contributed by atoms with Gasteiger partial charge >= 0.3 is 5.97 Å². The molecule has 0 heterocycles. The second kappa shape index (κ2) is 2.98. The van der Waals surface area contributed by atoms with E-state index in [1.165, 1.54) is 6.92 Å². The van der Waals surface area contributed by atoms with Crippen LogP contribution in [-0.2, 0) is 4.79 Å². The number of hydrogen-bond donors (Lipinski definition) is 3. The number of rotatable bonds is 3. The molecule has 4 N–H and O–H groups in total. The third kappa shape index (κ3) is 1.46. The Kier molecular flexibility index (Phi) is 2.80. The molecule has 2 atom stereocenters. The number of aliphatic hydroxyl groups is 1. The van der Waals surface area contributed by atoms with Crippen LogP contribution in [0.2, 0.25) is 0 Å². The summed E-state index contributed by atoms with van der Waals surface area (Å²) in [7, 11) is 0. The van der Waals surface area contributed by atoms with E-state index in [0.717, 1.165) is 0 Å². The minimum absolute atomic E-state index is 0.222. The lowest BCUT2D eigenvalue weighted by atomic mass is 9.92. The molecule has 0 amide bonds. The Balaban J connectivity index is 4.38. The zero-order valence-electron chi connectivity index (χ0n) is 6.16. The Labute approximate surface area is 59.7 Å². The minimum Gasteiger partial charge on any atom is -0.480 e. The fourth-order valence-electron chi connectivity index (χ4n) is 0.625. The van der Waals surface area contributed by atoms with Crippen molar-refractivity contribution in [1.29, 1.82) is 0 Å². The largest absolute Gasteiger partial charge is 0.480 e. The molecule has 0 aromatic carbocycles. The summed E-state index contributed by atoms with van der Waals surface area (Å²) in [4.78, 5) is 10.4. The van der Waals surface area contributed by atoms with Crippen LogP contribution in [0, 0.1) is 0 Å². The van der Waals surface area contributed by atoms with E-state index in [0.29, 0.717) is 0 Å². The van der Waals surface area contributed by atoms with Crippen molar-refractivity contribution in [2.75, 3.05) is 0 Å². The number of nitrogens with two attached hydrogens (primary N) is 1. The second-order valence-corrected chi connectivity index (χ2v) is 2.38. The summed E-state index contributed by atoms with van der Waals surface area (Å²) in [5.74, 6) is -1.16. The predicted molar refractivity (Wildman–Crippen MR) is 36.5 cm³/mol. The monoisotopic (exact) mass is 147 g/mol. The van der Waals surface area contributed by atoms with Crippen LogP contribution in [0.1, 0.15) is 20.3 Å². The highest BCUT2D eigenvalue weighted by molar-refractivity contribution is 5.79. The maximum atomic E-state index is 10.4. The number of carboxylic acids is 1. The van der Waals surface area contributed by atoms with Crippen molar-refractivity contribution in [3.8, 4) is 0 Å². The first kappa shape index (κ1) is 9.39. The van der Waals surface area contributed by atoms with Gasteiger partial charge in [0, 0.05) is 0 Å². The first-order valence-corrected chi connectivity index (χ1v) is 3.15. The molecule has 0 aromatic heterocycles. The summed E-state index contributed by atoms with van der Waals surface area (Å²) in [6.07, 6.45) is -0.796. The SMILES string of the molecule is CC[C@@](N)(C(=O)O)[C@@H](C)O. The first-order chi connectivity index (χ1) is 4.45. The number of carboxylic acid groups (broad SMARTS) is 1. The highest BCUT2D eigenvalue weighted by Crippen LogP contribution is 2.11. The molecule has 0 spiro atoms. The van der Waals surface area contributed by atoms with Gasteiger partial charge in [0.25, 0.3) is 0 Å². The van der Waals surface area contributed by atoms with E-state index in [4.69, 9.17) is 15.9 Å². The zero-order valence-corrected chi connectivity index (χ0v) is 6.16. The standard InChI is InChI=1S/C6H13NO3/c1-3-6(7,4(2)8)5(9)10/h4,8H,3,7H2,1-2H3,(H,9,10)/t4-,6+/m1/s1. The molecule has 0 aromatic rings. The lowest BCUT2D eigenvalue weighted by Crippen LogP contribution is -2.55. The molecule has 60 valence electrons.